The number of hydrogen-bond acceptors (Lipinski definition) is 4. The van der Waals surface area contributed by atoms with E-state index in [1.54, 1.807) is 4.52 Å². The largest absolute Gasteiger partial charge is 0.326 e. The number of benzene rings is 2. The Bertz CT molecular complexity index is 1260. The molecule has 2 heterocycles. The Hall–Kier alpha value is -4.00. The molecule has 1 aliphatic carbocycles. The standard InChI is InChI=1S/C25H23N5O2/c31-23(16-9-17-5-2-1-3-6-17)26-20-14-12-18(13-15-20)21-7-4-8-22-27-25(29-30(21)22)28-24(32)19-10-11-19/h1-8,12-15,19H,9-11,16H2,(H,26,31)(H,28,29,32). The number of aryl methyl sites for hydroxylation is 1. The molecule has 0 atom stereocenters. The van der Waals surface area contributed by atoms with Crippen molar-refractivity contribution in [3.8, 4) is 11.3 Å². The number of rotatable bonds is 7. The van der Waals surface area contributed by atoms with Gasteiger partial charge in [0.05, 0.1) is 5.69 Å². The fourth-order valence-electron chi connectivity index (χ4n) is 3.58. The van der Waals surface area contributed by atoms with E-state index in [9.17, 15) is 9.59 Å². The number of amides is 2. The van der Waals surface area contributed by atoms with Crippen LogP contribution in [-0.4, -0.2) is 26.4 Å². The summed E-state index contributed by atoms with van der Waals surface area (Å²) in [5.74, 6) is 0.374. The van der Waals surface area contributed by atoms with E-state index in [0.29, 0.717) is 24.4 Å². The van der Waals surface area contributed by atoms with Crippen LogP contribution in [0.25, 0.3) is 16.9 Å². The average Bonchev–Trinajstić information content (AvgIpc) is 3.59. The number of anilines is 2. The Kier molecular flexibility index (Phi) is 5.37. The van der Waals surface area contributed by atoms with Crippen LogP contribution in [-0.2, 0) is 16.0 Å². The summed E-state index contributed by atoms with van der Waals surface area (Å²) >= 11 is 0. The Morgan fingerprint density at radius 1 is 0.906 bits per heavy atom. The van der Waals surface area contributed by atoms with Crippen molar-refractivity contribution < 1.29 is 9.59 Å². The maximum Gasteiger partial charge on any atom is 0.249 e. The molecule has 0 bridgehead atoms. The number of hydrogen-bond donors (Lipinski definition) is 2. The van der Waals surface area contributed by atoms with Crippen molar-refractivity contribution in [1.29, 1.82) is 0 Å². The molecule has 2 aromatic carbocycles. The van der Waals surface area contributed by atoms with Crippen LogP contribution in [0.2, 0.25) is 0 Å². The van der Waals surface area contributed by atoms with Crippen LogP contribution in [0.5, 0.6) is 0 Å². The highest BCUT2D eigenvalue weighted by atomic mass is 16.2. The van der Waals surface area contributed by atoms with Crippen molar-refractivity contribution in [1.82, 2.24) is 14.6 Å². The molecular formula is C25H23N5O2. The topological polar surface area (TPSA) is 88.4 Å². The van der Waals surface area contributed by atoms with Crippen LogP contribution in [0.1, 0.15) is 24.8 Å². The molecule has 2 aromatic heterocycles. The molecule has 5 rings (SSSR count). The monoisotopic (exact) mass is 425 g/mol. The highest BCUT2D eigenvalue weighted by molar-refractivity contribution is 5.93. The third-order valence-electron chi connectivity index (χ3n) is 5.49. The molecular weight excluding hydrogens is 402 g/mol. The molecule has 2 amide bonds. The van der Waals surface area contributed by atoms with Crippen LogP contribution in [0, 0.1) is 5.92 Å². The van der Waals surface area contributed by atoms with Gasteiger partial charge in [0.2, 0.25) is 17.8 Å². The second-order valence-corrected chi connectivity index (χ2v) is 7.99. The fourth-order valence-corrected chi connectivity index (χ4v) is 3.58. The minimum Gasteiger partial charge on any atom is -0.326 e. The van der Waals surface area contributed by atoms with Crippen molar-refractivity contribution in [3.05, 3.63) is 78.4 Å². The van der Waals surface area contributed by atoms with E-state index in [4.69, 9.17) is 0 Å². The first-order chi connectivity index (χ1) is 15.7. The van der Waals surface area contributed by atoms with Gasteiger partial charge in [-0.25, -0.2) is 4.52 Å². The van der Waals surface area contributed by atoms with Gasteiger partial charge < -0.3 is 5.32 Å². The molecule has 32 heavy (non-hydrogen) atoms. The van der Waals surface area contributed by atoms with E-state index < -0.39 is 0 Å². The van der Waals surface area contributed by atoms with Crippen LogP contribution in [0.3, 0.4) is 0 Å². The third kappa shape index (κ3) is 4.51. The summed E-state index contributed by atoms with van der Waals surface area (Å²) in [5, 5.41) is 10.2. The summed E-state index contributed by atoms with van der Waals surface area (Å²) in [4.78, 5) is 28.7. The number of carbonyl (C=O) groups is 2. The van der Waals surface area contributed by atoms with Crippen LogP contribution in [0.15, 0.2) is 72.8 Å². The van der Waals surface area contributed by atoms with Crippen LogP contribution >= 0.6 is 0 Å². The average molecular weight is 425 g/mol. The quantitative estimate of drug-likeness (QED) is 0.462. The van der Waals surface area contributed by atoms with Crippen molar-refractivity contribution in [2.75, 3.05) is 10.6 Å². The van der Waals surface area contributed by atoms with Crippen LogP contribution in [0.4, 0.5) is 11.6 Å². The molecule has 0 aliphatic heterocycles. The second-order valence-electron chi connectivity index (χ2n) is 7.99. The molecule has 160 valence electrons. The smallest absolute Gasteiger partial charge is 0.249 e. The molecule has 4 aromatic rings. The maximum absolute atomic E-state index is 12.3. The Balaban J connectivity index is 1.27. The van der Waals surface area contributed by atoms with Gasteiger partial charge in [-0.3, -0.25) is 14.9 Å². The number of pyridine rings is 1. The Morgan fingerprint density at radius 3 is 2.44 bits per heavy atom. The van der Waals surface area contributed by atoms with E-state index in [2.05, 4.69) is 20.7 Å². The van der Waals surface area contributed by atoms with Gasteiger partial charge >= 0.3 is 0 Å². The molecule has 0 saturated heterocycles. The molecule has 0 unspecified atom stereocenters. The Morgan fingerprint density at radius 2 is 1.69 bits per heavy atom. The minimum absolute atomic E-state index is 0.0176. The first kappa shape index (κ1) is 19.9. The van der Waals surface area contributed by atoms with E-state index in [0.717, 1.165) is 35.3 Å². The molecule has 7 nitrogen and oxygen atoms in total. The maximum atomic E-state index is 12.3. The van der Waals surface area contributed by atoms with Gasteiger partial charge in [0.25, 0.3) is 0 Å². The lowest BCUT2D eigenvalue weighted by Crippen LogP contribution is -2.14. The van der Waals surface area contributed by atoms with Gasteiger partial charge in [-0.2, -0.15) is 4.98 Å². The first-order valence-corrected chi connectivity index (χ1v) is 10.8. The van der Waals surface area contributed by atoms with E-state index in [1.165, 1.54) is 0 Å². The van der Waals surface area contributed by atoms with E-state index in [1.807, 2.05) is 72.8 Å². The number of carbonyl (C=O) groups excluding carboxylic acids is 2. The van der Waals surface area contributed by atoms with Crippen molar-refractivity contribution in [3.63, 3.8) is 0 Å². The molecule has 0 spiro atoms. The summed E-state index contributed by atoms with van der Waals surface area (Å²) in [6.07, 6.45) is 3.00. The third-order valence-corrected chi connectivity index (χ3v) is 5.49. The van der Waals surface area contributed by atoms with Gasteiger partial charge in [0, 0.05) is 23.6 Å². The fraction of sp³-hybridized carbons (Fsp3) is 0.200. The van der Waals surface area contributed by atoms with Crippen molar-refractivity contribution in [2.24, 2.45) is 5.92 Å². The predicted octanol–water partition coefficient (Wildman–Crippen LogP) is 4.32. The number of nitrogens with one attached hydrogen (secondary N) is 2. The van der Waals surface area contributed by atoms with Gasteiger partial charge in [0.15, 0.2) is 5.65 Å². The minimum atomic E-state index is -0.0187. The van der Waals surface area contributed by atoms with Crippen LogP contribution < -0.4 is 10.6 Å². The summed E-state index contributed by atoms with van der Waals surface area (Å²) in [5.41, 5.74) is 4.33. The molecule has 1 aliphatic rings. The highest BCUT2D eigenvalue weighted by Crippen LogP contribution is 2.30. The zero-order chi connectivity index (χ0) is 21.9. The molecule has 2 N–H and O–H groups in total. The number of nitrogens with zero attached hydrogens (tertiary/aromatic N) is 3. The zero-order valence-corrected chi connectivity index (χ0v) is 17.5. The van der Waals surface area contributed by atoms with Gasteiger partial charge in [-0.1, -0.05) is 48.5 Å². The van der Waals surface area contributed by atoms with E-state index >= 15 is 0 Å². The lowest BCUT2D eigenvalue weighted by Gasteiger charge is -2.08. The summed E-state index contributed by atoms with van der Waals surface area (Å²) in [7, 11) is 0. The summed E-state index contributed by atoms with van der Waals surface area (Å²) in [6.45, 7) is 0. The van der Waals surface area contributed by atoms with Crippen molar-refractivity contribution in [2.45, 2.75) is 25.7 Å². The van der Waals surface area contributed by atoms with Gasteiger partial charge in [-0.05, 0) is 49.1 Å². The number of fused-ring (bicyclic) bond motifs is 1. The zero-order valence-electron chi connectivity index (χ0n) is 17.5. The Labute approximate surface area is 185 Å². The van der Waals surface area contributed by atoms with Crippen molar-refractivity contribution >= 4 is 29.1 Å². The molecule has 1 saturated carbocycles. The van der Waals surface area contributed by atoms with Gasteiger partial charge in [0.1, 0.15) is 0 Å². The summed E-state index contributed by atoms with van der Waals surface area (Å²) in [6, 6.07) is 23.3. The van der Waals surface area contributed by atoms with E-state index in [-0.39, 0.29) is 17.7 Å². The normalized spacial score (nSPS) is 13.1. The SMILES string of the molecule is O=C(CCc1ccccc1)Nc1ccc(-c2cccc3nc(NC(=O)C4CC4)nn23)cc1. The lowest BCUT2D eigenvalue weighted by molar-refractivity contribution is -0.117. The predicted molar refractivity (Wildman–Crippen MR) is 123 cm³/mol. The highest BCUT2D eigenvalue weighted by Gasteiger charge is 2.30. The first-order valence-electron chi connectivity index (χ1n) is 10.8. The molecule has 0 radical (unpaired) electrons. The number of aromatic nitrogens is 3. The summed E-state index contributed by atoms with van der Waals surface area (Å²) < 4.78 is 1.72. The molecule has 7 heteroatoms. The lowest BCUT2D eigenvalue weighted by atomic mass is 10.1. The molecule has 1 fully saturated rings. The van der Waals surface area contributed by atoms with Gasteiger partial charge in [-0.15, -0.1) is 5.10 Å². The second kappa shape index (κ2) is 8.63.